The van der Waals surface area contributed by atoms with Crippen LogP contribution >= 0.6 is 11.8 Å². The zero-order valence-electron chi connectivity index (χ0n) is 16.3. The number of benzene rings is 2. The summed E-state index contributed by atoms with van der Waals surface area (Å²) in [5, 5.41) is 2.17. The van der Waals surface area contributed by atoms with Crippen molar-refractivity contribution in [2.24, 2.45) is 0 Å². The summed E-state index contributed by atoms with van der Waals surface area (Å²) in [4.78, 5) is 38.5. The maximum absolute atomic E-state index is 12.7. The normalized spacial score (nSPS) is 16.3. The number of imide groups is 1. The van der Waals surface area contributed by atoms with Gasteiger partial charge in [-0.25, -0.2) is 0 Å². The monoisotopic (exact) mass is 426 g/mol. The van der Waals surface area contributed by atoms with Crippen LogP contribution in [-0.2, 0) is 9.59 Å². The summed E-state index contributed by atoms with van der Waals surface area (Å²) >= 11 is 0.770. The van der Waals surface area contributed by atoms with E-state index >= 15 is 0 Å². The van der Waals surface area contributed by atoms with Gasteiger partial charge in [0.1, 0.15) is 12.3 Å². The zero-order valence-corrected chi connectivity index (χ0v) is 17.1. The molecule has 2 aliphatic heterocycles. The number of hydrogen-bond acceptors (Lipinski definition) is 7. The maximum atomic E-state index is 12.7. The van der Waals surface area contributed by atoms with Crippen molar-refractivity contribution < 1.29 is 28.6 Å². The Kier molecular flexibility index (Phi) is 5.37. The third kappa shape index (κ3) is 3.97. The van der Waals surface area contributed by atoms with E-state index in [0.29, 0.717) is 28.5 Å². The number of anilines is 1. The molecule has 8 nitrogen and oxygen atoms in total. The number of carbonyl (C=O) groups excluding carboxylic acids is 3. The number of nitrogens with one attached hydrogen (secondary N) is 1. The molecule has 154 valence electrons. The minimum absolute atomic E-state index is 0.106. The Morgan fingerprint density at radius 3 is 2.60 bits per heavy atom. The van der Waals surface area contributed by atoms with Crippen LogP contribution in [0.25, 0.3) is 6.08 Å². The molecule has 1 N–H and O–H groups in total. The van der Waals surface area contributed by atoms with Gasteiger partial charge in [0, 0.05) is 17.3 Å². The average Bonchev–Trinajstić information content (AvgIpc) is 3.28. The lowest BCUT2D eigenvalue weighted by molar-refractivity contribution is -0.127. The fourth-order valence-electron chi connectivity index (χ4n) is 2.99. The second-order valence-electron chi connectivity index (χ2n) is 6.63. The molecule has 30 heavy (non-hydrogen) atoms. The largest absolute Gasteiger partial charge is 0.496 e. The van der Waals surface area contributed by atoms with Crippen LogP contribution < -0.4 is 19.5 Å². The molecule has 2 aromatic carbocycles. The van der Waals surface area contributed by atoms with E-state index in [1.165, 1.54) is 7.11 Å². The second-order valence-corrected chi connectivity index (χ2v) is 7.62. The predicted molar refractivity (Wildman–Crippen MR) is 112 cm³/mol. The third-order valence-corrected chi connectivity index (χ3v) is 5.43. The van der Waals surface area contributed by atoms with Gasteiger partial charge < -0.3 is 19.5 Å². The van der Waals surface area contributed by atoms with E-state index < -0.39 is 17.1 Å². The highest BCUT2D eigenvalue weighted by Gasteiger charge is 2.36. The summed E-state index contributed by atoms with van der Waals surface area (Å²) in [6.45, 7) is 1.68. The van der Waals surface area contributed by atoms with Crippen molar-refractivity contribution in [1.29, 1.82) is 0 Å². The van der Waals surface area contributed by atoms with Gasteiger partial charge in [0.2, 0.25) is 12.7 Å². The molecule has 1 saturated heterocycles. The lowest BCUT2D eigenvalue weighted by atomic mass is 10.1. The molecule has 9 heteroatoms. The average molecular weight is 426 g/mol. The van der Waals surface area contributed by atoms with E-state index in [-0.39, 0.29) is 18.2 Å². The van der Waals surface area contributed by atoms with Crippen molar-refractivity contribution in [2.45, 2.75) is 6.92 Å². The van der Waals surface area contributed by atoms with Crippen LogP contribution in [0.1, 0.15) is 11.1 Å². The Labute approximate surface area is 176 Å². The summed E-state index contributed by atoms with van der Waals surface area (Å²) < 4.78 is 16.0. The quantitative estimate of drug-likeness (QED) is 0.732. The minimum Gasteiger partial charge on any atom is -0.496 e. The first-order valence-corrected chi connectivity index (χ1v) is 9.86. The summed E-state index contributed by atoms with van der Waals surface area (Å²) in [5.74, 6) is 0.554. The summed E-state index contributed by atoms with van der Waals surface area (Å²) in [7, 11) is 1.50. The number of ether oxygens (including phenoxy) is 3. The molecular formula is C21H18N2O6S. The standard InChI is InChI=1S/C21H18N2O6S/c1-12-3-5-14(6-4-12)22-19(24)10-23-20(25)18(30-21(23)26)8-13-7-16-17(29-11-28-16)9-15(13)27-2/h3-9H,10-11H2,1-2H3,(H,22,24). The van der Waals surface area contributed by atoms with Gasteiger partial charge in [0.25, 0.3) is 11.1 Å². The second kappa shape index (κ2) is 8.11. The summed E-state index contributed by atoms with van der Waals surface area (Å²) in [5.41, 5.74) is 2.22. The van der Waals surface area contributed by atoms with Gasteiger partial charge >= 0.3 is 0 Å². The Morgan fingerprint density at radius 1 is 1.20 bits per heavy atom. The highest BCUT2D eigenvalue weighted by molar-refractivity contribution is 8.18. The first-order chi connectivity index (χ1) is 14.4. The van der Waals surface area contributed by atoms with E-state index in [1.54, 1.807) is 30.3 Å². The molecule has 0 radical (unpaired) electrons. The molecule has 0 unspecified atom stereocenters. The van der Waals surface area contributed by atoms with Crippen LogP contribution in [0.4, 0.5) is 10.5 Å². The van der Waals surface area contributed by atoms with Crippen molar-refractivity contribution >= 4 is 40.6 Å². The predicted octanol–water partition coefficient (Wildman–Crippen LogP) is 3.41. The van der Waals surface area contributed by atoms with Gasteiger partial charge in [-0.3, -0.25) is 19.3 Å². The van der Waals surface area contributed by atoms with Gasteiger partial charge in [0.05, 0.1) is 12.0 Å². The Hall–Kier alpha value is -3.46. The summed E-state index contributed by atoms with van der Waals surface area (Å²) in [6, 6.07) is 10.6. The van der Waals surface area contributed by atoms with Crippen LogP contribution in [0.2, 0.25) is 0 Å². The summed E-state index contributed by atoms with van der Waals surface area (Å²) in [6.07, 6.45) is 1.55. The number of carbonyl (C=O) groups is 3. The SMILES string of the molecule is COc1cc2c(cc1C=C1SC(=O)N(CC(=O)Nc3ccc(C)cc3)C1=O)OCO2. The smallest absolute Gasteiger partial charge is 0.294 e. The third-order valence-electron chi connectivity index (χ3n) is 4.52. The van der Waals surface area contributed by atoms with E-state index in [0.717, 1.165) is 22.2 Å². The number of rotatable bonds is 5. The maximum Gasteiger partial charge on any atom is 0.294 e. The van der Waals surface area contributed by atoms with Gasteiger partial charge in [0.15, 0.2) is 11.5 Å². The van der Waals surface area contributed by atoms with Gasteiger partial charge in [-0.1, -0.05) is 17.7 Å². The number of fused-ring (bicyclic) bond motifs is 1. The fourth-order valence-corrected chi connectivity index (χ4v) is 3.82. The van der Waals surface area contributed by atoms with Gasteiger partial charge in [-0.2, -0.15) is 0 Å². The molecule has 0 spiro atoms. The lowest BCUT2D eigenvalue weighted by Crippen LogP contribution is -2.36. The topological polar surface area (TPSA) is 94.2 Å². The Balaban J connectivity index is 1.50. The van der Waals surface area contributed by atoms with Crippen molar-refractivity contribution in [1.82, 2.24) is 4.90 Å². The van der Waals surface area contributed by atoms with Crippen LogP contribution in [0.5, 0.6) is 17.2 Å². The molecule has 0 aromatic heterocycles. The number of hydrogen-bond donors (Lipinski definition) is 1. The lowest BCUT2D eigenvalue weighted by Gasteiger charge is -2.12. The zero-order chi connectivity index (χ0) is 21.3. The van der Waals surface area contributed by atoms with Crippen LogP contribution in [-0.4, -0.2) is 42.4 Å². The molecule has 4 rings (SSSR count). The molecular weight excluding hydrogens is 408 g/mol. The van der Waals surface area contributed by atoms with Crippen LogP contribution in [0.3, 0.4) is 0 Å². The van der Waals surface area contributed by atoms with E-state index in [4.69, 9.17) is 14.2 Å². The highest BCUT2D eigenvalue weighted by Crippen LogP contribution is 2.40. The molecule has 0 aliphatic carbocycles. The molecule has 2 aliphatic rings. The number of amides is 3. The van der Waals surface area contributed by atoms with Crippen LogP contribution in [0, 0.1) is 6.92 Å². The molecule has 1 fully saturated rings. The van der Waals surface area contributed by atoms with Gasteiger partial charge in [-0.15, -0.1) is 0 Å². The minimum atomic E-state index is -0.538. The number of methoxy groups -OCH3 is 1. The molecule has 3 amide bonds. The van der Waals surface area contributed by atoms with E-state index in [2.05, 4.69) is 5.32 Å². The van der Waals surface area contributed by atoms with Crippen LogP contribution in [0.15, 0.2) is 41.3 Å². The van der Waals surface area contributed by atoms with E-state index in [9.17, 15) is 14.4 Å². The van der Waals surface area contributed by atoms with E-state index in [1.807, 2.05) is 19.1 Å². The van der Waals surface area contributed by atoms with Crippen molar-refractivity contribution in [3.05, 3.63) is 52.4 Å². The Bertz CT molecular complexity index is 1060. The van der Waals surface area contributed by atoms with Crippen molar-refractivity contribution in [3.8, 4) is 17.2 Å². The van der Waals surface area contributed by atoms with Crippen molar-refractivity contribution in [3.63, 3.8) is 0 Å². The first kappa shape index (κ1) is 19.8. The van der Waals surface area contributed by atoms with Crippen molar-refractivity contribution in [2.75, 3.05) is 25.8 Å². The number of nitrogens with zero attached hydrogens (tertiary/aromatic N) is 1. The molecule has 0 saturated carbocycles. The molecule has 2 heterocycles. The Morgan fingerprint density at radius 2 is 1.90 bits per heavy atom. The highest BCUT2D eigenvalue weighted by atomic mass is 32.2. The number of aryl methyl sites for hydroxylation is 1. The molecule has 2 aromatic rings. The van der Waals surface area contributed by atoms with Gasteiger partial charge in [-0.05, 0) is 43.0 Å². The molecule has 0 bridgehead atoms. The molecule has 0 atom stereocenters. The fraction of sp³-hybridized carbons (Fsp3) is 0.190. The number of thioether (sulfide) groups is 1. The first-order valence-electron chi connectivity index (χ1n) is 9.04.